The van der Waals surface area contributed by atoms with Gasteiger partial charge >= 0.3 is 0 Å². The Bertz CT molecular complexity index is 3170. The van der Waals surface area contributed by atoms with E-state index >= 15 is 0 Å². The second-order valence-corrected chi connectivity index (χ2v) is 21.5. The minimum atomic E-state index is 0.653. The summed E-state index contributed by atoms with van der Waals surface area (Å²) in [7, 11) is 0. The normalized spacial score (nSPS) is 22.5. The number of benzene rings is 7. The van der Waals surface area contributed by atoms with E-state index < -0.39 is 0 Å². The fourth-order valence-electron chi connectivity index (χ4n) is 14.5. The lowest BCUT2D eigenvalue weighted by molar-refractivity contribution is -0.0816. The zero-order chi connectivity index (χ0) is 47.8. The molecule has 0 spiro atoms. The molecule has 9 aromatic rings. The number of nitrogens with zero attached hydrogens (tertiary/aromatic N) is 3. The molecule has 354 valence electrons. The van der Waals surface area contributed by atoms with Crippen molar-refractivity contribution in [1.29, 1.82) is 0 Å². The van der Waals surface area contributed by atoms with Gasteiger partial charge in [-0.3, -0.25) is 0 Å². The average molecular weight is 934 g/mol. The van der Waals surface area contributed by atoms with Gasteiger partial charge in [0, 0.05) is 44.5 Å². The van der Waals surface area contributed by atoms with Gasteiger partial charge in [0.25, 0.3) is 0 Å². The van der Waals surface area contributed by atoms with Gasteiger partial charge in [0.15, 0.2) is 5.82 Å². The van der Waals surface area contributed by atoms with Gasteiger partial charge in [-0.2, -0.15) is 0 Å². The van der Waals surface area contributed by atoms with Crippen LogP contribution >= 0.6 is 0 Å². The first-order chi connectivity index (χ1) is 35.7. The molecule has 3 nitrogen and oxygen atoms in total. The molecule has 4 aliphatic carbocycles. The SMILES string of the molecule is c1ccc(-c2cc(-c3ccc(C4CCC5C6CCCCC6C6CCCCC6C5C4)cc3)nc(-c3ccc(-c4c(-c5ccccc5)c(-c5ccccc5)nc(-c5ccccc5)c4-c4ccccc4)cc3)n2)cc1. The van der Waals surface area contributed by atoms with Crippen LogP contribution in [0.1, 0.15) is 82.1 Å². The summed E-state index contributed by atoms with van der Waals surface area (Å²) < 4.78 is 0. The molecule has 0 bridgehead atoms. The van der Waals surface area contributed by atoms with Crippen molar-refractivity contribution in [1.82, 2.24) is 15.0 Å². The first kappa shape index (κ1) is 44.7. The number of hydrogen-bond donors (Lipinski definition) is 0. The highest BCUT2D eigenvalue weighted by atomic mass is 14.9. The molecule has 0 N–H and O–H groups in total. The Balaban J connectivity index is 0.893. The van der Waals surface area contributed by atoms with E-state index in [1.165, 1.54) is 76.2 Å². The maximum Gasteiger partial charge on any atom is 0.160 e. The summed E-state index contributed by atoms with van der Waals surface area (Å²) in [6, 6.07) is 74.2. The second kappa shape index (κ2) is 19.8. The van der Waals surface area contributed by atoms with Crippen molar-refractivity contribution in [3.63, 3.8) is 0 Å². The lowest BCUT2D eigenvalue weighted by Crippen LogP contribution is -2.50. The number of fused-ring (bicyclic) bond motifs is 6. The van der Waals surface area contributed by atoms with Crippen LogP contribution < -0.4 is 0 Å². The van der Waals surface area contributed by atoms with Crippen molar-refractivity contribution in [3.05, 3.63) is 212 Å². The lowest BCUT2D eigenvalue weighted by Gasteiger charge is -2.58. The summed E-state index contributed by atoms with van der Waals surface area (Å²) in [6.07, 6.45) is 16.1. The van der Waals surface area contributed by atoms with E-state index in [4.69, 9.17) is 15.0 Å². The number of hydrogen-bond acceptors (Lipinski definition) is 3. The monoisotopic (exact) mass is 934 g/mol. The summed E-state index contributed by atoms with van der Waals surface area (Å²) in [6.45, 7) is 0. The number of pyridine rings is 1. The van der Waals surface area contributed by atoms with Crippen LogP contribution in [-0.4, -0.2) is 15.0 Å². The van der Waals surface area contributed by atoms with Crippen molar-refractivity contribution in [2.24, 2.45) is 35.5 Å². The molecule has 7 atom stereocenters. The van der Waals surface area contributed by atoms with Crippen LogP contribution in [0.4, 0.5) is 0 Å². The molecule has 3 heteroatoms. The van der Waals surface area contributed by atoms with Gasteiger partial charge in [-0.25, -0.2) is 15.0 Å². The van der Waals surface area contributed by atoms with Gasteiger partial charge in [0.1, 0.15) is 0 Å². The van der Waals surface area contributed by atoms with E-state index in [0.29, 0.717) is 5.92 Å². The molecule has 4 fully saturated rings. The standard InChI is InChI=1S/C69H63N3/c1-6-20-47(21-7-1)62-45-63(48-36-34-46(35-37-48)55-42-43-60-58-32-17-16-30-56(58)57-31-18-19-33-59(57)61(60)44-55)71-69(70-62)54-40-38-51(39-41-54)64-65(49-22-8-2-9-23-49)67(52-26-12-4-13-27-52)72-68(53-28-14-5-15-29-53)66(64)50-24-10-3-11-25-50/h1-15,20-29,34-41,45,55-61H,16-19,30-33,42-44H2. The molecule has 0 amide bonds. The van der Waals surface area contributed by atoms with Gasteiger partial charge in [-0.1, -0.05) is 226 Å². The van der Waals surface area contributed by atoms with E-state index in [1.807, 2.05) is 0 Å². The van der Waals surface area contributed by atoms with E-state index in [0.717, 1.165) is 125 Å². The molecular weight excluding hydrogens is 871 g/mol. The molecule has 0 aliphatic heterocycles. The highest BCUT2D eigenvalue weighted by molar-refractivity contribution is 6.05. The highest BCUT2D eigenvalue weighted by Crippen LogP contribution is 2.61. The van der Waals surface area contributed by atoms with Gasteiger partial charge in [0.05, 0.1) is 22.8 Å². The van der Waals surface area contributed by atoms with Crippen molar-refractivity contribution in [2.45, 2.75) is 76.5 Å². The molecule has 2 heterocycles. The molecule has 2 aromatic heterocycles. The molecule has 0 radical (unpaired) electrons. The fourth-order valence-corrected chi connectivity index (χ4v) is 14.5. The van der Waals surface area contributed by atoms with Crippen LogP contribution in [0.15, 0.2) is 206 Å². The van der Waals surface area contributed by atoms with E-state index in [-0.39, 0.29) is 0 Å². The molecule has 4 aliphatic rings. The van der Waals surface area contributed by atoms with Crippen LogP contribution in [-0.2, 0) is 0 Å². The van der Waals surface area contributed by atoms with Crippen molar-refractivity contribution >= 4 is 0 Å². The quantitative estimate of drug-likeness (QED) is 0.145. The Labute approximate surface area is 426 Å². The van der Waals surface area contributed by atoms with Gasteiger partial charge < -0.3 is 0 Å². The van der Waals surface area contributed by atoms with Crippen LogP contribution in [0.5, 0.6) is 0 Å². The Kier molecular flexibility index (Phi) is 12.3. The first-order valence-corrected chi connectivity index (χ1v) is 27.2. The number of aromatic nitrogens is 3. The Morgan fingerprint density at radius 2 is 0.639 bits per heavy atom. The summed E-state index contributed by atoms with van der Waals surface area (Å²) in [5.41, 5.74) is 17.3. The fraction of sp³-hybridized carbons (Fsp3) is 0.261. The van der Waals surface area contributed by atoms with Crippen LogP contribution in [0, 0.1) is 35.5 Å². The van der Waals surface area contributed by atoms with E-state index in [1.54, 1.807) is 0 Å². The van der Waals surface area contributed by atoms with Crippen molar-refractivity contribution in [2.75, 3.05) is 0 Å². The summed E-state index contributed by atoms with van der Waals surface area (Å²) in [5, 5.41) is 0. The molecule has 4 saturated carbocycles. The van der Waals surface area contributed by atoms with Crippen LogP contribution in [0.2, 0.25) is 0 Å². The third-order valence-electron chi connectivity index (χ3n) is 17.7. The molecule has 13 rings (SSSR count). The Morgan fingerprint density at radius 3 is 1.11 bits per heavy atom. The van der Waals surface area contributed by atoms with Crippen molar-refractivity contribution < 1.29 is 0 Å². The maximum atomic E-state index is 5.65. The third-order valence-corrected chi connectivity index (χ3v) is 17.7. The highest BCUT2D eigenvalue weighted by Gasteiger charge is 2.52. The minimum Gasteiger partial charge on any atom is -0.246 e. The third kappa shape index (κ3) is 8.51. The smallest absolute Gasteiger partial charge is 0.160 e. The lowest BCUT2D eigenvalue weighted by atomic mass is 9.47. The van der Waals surface area contributed by atoms with Crippen molar-refractivity contribution in [3.8, 4) is 89.8 Å². The number of rotatable bonds is 9. The minimum absolute atomic E-state index is 0.653. The van der Waals surface area contributed by atoms with Crippen LogP contribution in [0.25, 0.3) is 89.8 Å². The summed E-state index contributed by atoms with van der Waals surface area (Å²) in [4.78, 5) is 16.4. The molecule has 72 heavy (non-hydrogen) atoms. The average Bonchev–Trinajstić information content (AvgIpc) is 3.47. The van der Waals surface area contributed by atoms with Gasteiger partial charge in [-0.05, 0) is 115 Å². The summed E-state index contributed by atoms with van der Waals surface area (Å²) in [5.74, 6) is 7.26. The second-order valence-electron chi connectivity index (χ2n) is 21.5. The van der Waals surface area contributed by atoms with E-state index in [2.05, 4.69) is 206 Å². The maximum absolute atomic E-state index is 5.65. The Hall–Kier alpha value is -7.23. The topological polar surface area (TPSA) is 38.7 Å². The van der Waals surface area contributed by atoms with Crippen LogP contribution in [0.3, 0.4) is 0 Å². The van der Waals surface area contributed by atoms with E-state index in [9.17, 15) is 0 Å². The largest absolute Gasteiger partial charge is 0.246 e. The predicted octanol–water partition coefficient (Wildman–Crippen LogP) is 18.3. The molecule has 0 saturated heterocycles. The molecule has 7 unspecified atom stereocenters. The van der Waals surface area contributed by atoms with Gasteiger partial charge in [0.2, 0.25) is 0 Å². The predicted molar refractivity (Wildman–Crippen MR) is 298 cm³/mol. The zero-order valence-corrected chi connectivity index (χ0v) is 41.3. The first-order valence-electron chi connectivity index (χ1n) is 27.2. The Morgan fingerprint density at radius 1 is 0.278 bits per heavy atom. The van der Waals surface area contributed by atoms with Gasteiger partial charge in [-0.15, -0.1) is 0 Å². The molecular formula is C69H63N3. The molecule has 7 aromatic carbocycles. The zero-order valence-electron chi connectivity index (χ0n) is 41.3. The summed E-state index contributed by atoms with van der Waals surface area (Å²) >= 11 is 0.